The van der Waals surface area contributed by atoms with Gasteiger partial charge in [0.05, 0.1) is 23.9 Å². The standard InChI is InChI=1S/C34H39N3O4/c1-4-7-13-24-18-20-26(21-19-24)32(38)35-28-17-12-16-27(23-28)30-29(33(39)41-6-3)31(25-14-10-9-11-15-25)37(22-8-5-2)34(40)36-30/h9-12,14-21,23,30H,4-8,13,22H2,1-3H3,(H,35,38)(H,36,40). The summed E-state index contributed by atoms with van der Waals surface area (Å²) in [5.41, 5.74) is 4.67. The summed E-state index contributed by atoms with van der Waals surface area (Å²) in [6.45, 7) is 6.65. The van der Waals surface area contributed by atoms with Gasteiger partial charge in [0, 0.05) is 17.8 Å². The number of anilines is 1. The van der Waals surface area contributed by atoms with Crippen LogP contribution in [0.5, 0.6) is 0 Å². The van der Waals surface area contributed by atoms with Gasteiger partial charge in [0.2, 0.25) is 0 Å². The number of amides is 3. The van der Waals surface area contributed by atoms with Crippen LogP contribution in [-0.2, 0) is 16.0 Å². The van der Waals surface area contributed by atoms with E-state index in [4.69, 9.17) is 4.74 Å². The number of nitrogens with one attached hydrogen (secondary N) is 2. The smallest absolute Gasteiger partial charge is 0.338 e. The van der Waals surface area contributed by atoms with Gasteiger partial charge in [0.1, 0.15) is 0 Å². The number of carbonyl (C=O) groups excluding carboxylic acids is 3. The SMILES string of the molecule is CCCCc1ccc(C(=O)Nc2cccc(C3NC(=O)N(CCCC)C(c4ccccc4)=C3C(=O)OCC)c2)cc1. The topological polar surface area (TPSA) is 87.7 Å². The summed E-state index contributed by atoms with van der Waals surface area (Å²) in [6.07, 6.45) is 4.90. The van der Waals surface area contributed by atoms with Gasteiger partial charge in [-0.15, -0.1) is 0 Å². The maximum Gasteiger partial charge on any atom is 0.338 e. The molecule has 1 aliphatic rings. The molecule has 1 aliphatic heterocycles. The molecule has 0 saturated carbocycles. The zero-order chi connectivity index (χ0) is 29.2. The Kier molecular flexibility index (Phi) is 10.3. The van der Waals surface area contributed by atoms with Gasteiger partial charge in [-0.1, -0.05) is 81.3 Å². The van der Waals surface area contributed by atoms with Gasteiger partial charge >= 0.3 is 12.0 Å². The molecule has 7 nitrogen and oxygen atoms in total. The normalized spacial score (nSPS) is 15.0. The van der Waals surface area contributed by atoms with Crippen molar-refractivity contribution in [2.75, 3.05) is 18.5 Å². The van der Waals surface area contributed by atoms with E-state index >= 15 is 0 Å². The van der Waals surface area contributed by atoms with E-state index in [1.807, 2.05) is 60.7 Å². The first-order chi connectivity index (χ1) is 20.0. The molecule has 0 bridgehead atoms. The monoisotopic (exact) mass is 553 g/mol. The lowest BCUT2D eigenvalue weighted by Crippen LogP contribution is -2.48. The molecule has 1 heterocycles. The summed E-state index contributed by atoms with van der Waals surface area (Å²) in [6, 6.07) is 23.3. The molecule has 2 N–H and O–H groups in total. The lowest BCUT2D eigenvalue weighted by molar-refractivity contribution is -0.138. The summed E-state index contributed by atoms with van der Waals surface area (Å²) in [4.78, 5) is 41.7. The van der Waals surface area contributed by atoms with Gasteiger partial charge in [-0.3, -0.25) is 9.69 Å². The highest BCUT2D eigenvalue weighted by Gasteiger charge is 2.38. The van der Waals surface area contributed by atoms with Gasteiger partial charge in [-0.2, -0.15) is 0 Å². The van der Waals surface area contributed by atoms with Crippen molar-refractivity contribution in [3.05, 3.63) is 107 Å². The van der Waals surface area contributed by atoms with Crippen molar-refractivity contribution in [3.63, 3.8) is 0 Å². The number of unbranched alkanes of at least 4 members (excludes halogenated alkanes) is 2. The van der Waals surface area contributed by atoms with Crippen molar-refractivity contribution in [3.8, 4) is 0 Å². The number of ether oxygens (including phenoxy) is 1. The summed E-state index contributed by atoms with van der Waals surface area (Å²) >= 11 is 0. The molecule has 4 rings (SSSR count). The Morgan fingerprint density at radius 2 is 1.63 bits per heavy atom. The molecular formula is C34H39N3O4. The van der Waals surface area contributed by atoms with E-state index in [1.165, 1.54) is 5.56 Å². The number of aryl methyl sites for hydroxylation is 1. The van der Waals surface area contributed by atoms with E-state index in [-0.39, 0.29) is 18.5 Å². The molecule has 1 atom stereocenters. The number of hydrogen-bond acceptors (Lipinski definition) is 4. The molecule has 0 saturated heterocycles. The minimum Gasteiger partial charge on any atom is -0.463 e. The van der Waals surface area contributed by atoms with Gasteiger partial charge in [0.25, 0.3) is 5.91 Å². The molecule has 41 heavy (non-hydrogen) atoms. The van der Waals surface area contributed by atoms with Crippen LogP contribution in [0.3, 0.4) is 0 Å². The van der Waals surface area contributed by atoms with Crippen LogP contribution >= 0.6 is 0 Å². The first-order valence-electron chi connectivity index (χ1n) is 14.5. The Morgan fingerprint density at radius 3 is 2.32 bits per heavy atom. The third-order valence-corrected chi connectivity index (χ3v) is 7.12. The predicted octanol–water partition coefficient (Wildman–Crippen LogP) is 7.12. The van der Waals surface area contributed by atoms with Crippen molar-refractivity contribution < 1.29 is 19.1 Å². The molecule has 0 aliphatic carbocycles. The van der Waals surface area contributed by atoms with Crippen LogP contribution in [-0.4, -0.2) is 36.0 Å². The van der Waals surface area contributed by atoms with E-state index in [2.05, 4.69) is 24.5 Å². The van der Waals surface area contributed by atoms with Crippen molar-refractivity contribution in [1.29, 1.82) is 0 Å². The first kappa shape index (κ1) is 29.6. The fourth-order valence-corrected chi connectivity index (χ4v) is 4.97. The van der Waals surface area contributed by atoms with Crippen molar-refractivity contribution >= 4 is 29.3 Å². The predicted molar refractivity (Wildman–Crippen MR) is 162 cm³/mol. The summed E-state index contributed by atoms with van der Waals surface area (Å²) in [7, 11) is 0. The molecule has 7 heteroatoms. The molecule has 214 valence electrons. The molecule has 0 fully saturated rings. The number of urea groups is 1. The minimum atomic E-state index is -0.760. The first-order valence-corrected chi connectivity index (χ1v) is 14.5. The third-order valence-electron chi connectivity index (χ3n) is 7.12. The average Bonchev–Trinajstić information content (AvgIpc) is 2.99. The molecule has 0 aromatic heterocycles. The number of nitrogens with zero attached hydrogens (tertiary/aromatic N) is 1. The molecule has 3 amide bonds. The van der Waals surface area contributed by atoms with Gasteiger partial charge in [-0.25, -0.2) is 9.59 Å². The highest BCUT2D eigenvalue weighted by atomic mass is 16.5. The maximum absolute atomic E-state index is 13.5. The average molecular weight is 554 g/mol. The van der Waals surface area contributed by atoms with Crippen LogP contribution in [0.2, 0.25) is 0 Å². The fourth-order valence-electron chi connectivity index (χ4n) is 4.97. The fraction of sp³-hybridized carbons (Fsp3) is 0.324. The molecule has 1 unspecified atom stereocenters. The van der Waals surface area contributed by atoms with Crippen LogP contribution in [0.15, 0.2) is 84.4 Å². The zero-order valence-corrected chi connectivity index (χ0v) is 24.1. The van der Waals surface area contributed by atoms with E-state index in [0.717, 1.165) is 37.7 Å². The van der Waals surface area contributed by atoms with E-state index in [9.17, 15) is 14.4 Å². The van der Waals surface area contributed by atoms with Crippen molar-refractivity contribution in [2.45, 2.75) is 58.9 Å². The Bertz CT molecular complexity index is 1380. The summed E-state index contributed by atoms with van der Waals surface area (Å²) in [5, 5.41) is 6.00. The Morgan fingerprint density at radius 1 is 0.902 bits per heavy atom. The van der Waals surface area contributed by atoms with E-state index < -0.39 is 12.0 Å². The van der Waals surface area contributed by atoms with Gasteiger partial charge < -0.3 is 15.4 Å². The number of carbonyl (C=O) groups is 3. The largest absolute Gasteiger partial charge is 0.463 e. The van der Waals surface area contributed by atoms with Crippen LogP contribution in [0.1, 0.15) is 79.5 Å². The van der Waals surface area contributed by atoms with Crippen molar-refractivity contribution in [1.82, 2.24) is 10.2 Å². The van der Waals surface area contributed by atoms with Crippen LogP contribution < -0.4 is 10.6 Å². The Balaban J connectivity index is 1.70. The van der Waals surface area contributed by atoms with Crippen LogP contribution in [0, 0.1) is 0 Å². The van der Waals surface area contributed by atoms with E-state index in [0.29, 0.717) is 34.6 Å². The van der Waals surface area contributed by atoms with Crippen LogP contribution in [0.4, 0.5) is 10.5 Å². The van der Waals surface area contributed by atoms with E-state index in [1.54, 1.807) is 30.0 Å². The highest BCUT2D eigenvalue weighted by molar-refractivity contribution is 6.05. The lowest BCUT2D eigenvalue weighted by Gasteiger charge is -2.37. The summed E-state index contributed by atoms with van der Waals surface area (Å²) in [5.74, 6) is -0.718. The Labute approximate surface area is 242 Å². The second-order valence-corrected chi connectivity index (χ2v) is 10.1. The minimum absolute atomic E-state index is 0.202. The second kappa shape index (κ2) is 14.3. The lowest BCUT2D eigenvalue weighted by atomic mass is 9.91. The molecule has 0 spiro atoms. The number of benzene rings is 3. The van der Waals surface area contributed by atoms with Crippen molar-refractivity contribution in [2.24, 2.45) is 0 Å². The zero-order valence-electron chi connectivity index (χ0n) is 24.1. The number of esters is 1. The highest BCUT2D eigenvalue weighted by Crippen LogP contribution is 2.37. The Hall–Kier alpha value is -4.39. The van der Waals surface area contributed by atoms with Gasteiger partial charge in [0.15, 0.2) is 0 Å². The summed E-state index contributed by atoms with van der Waals surface area (Å²) < 4.78 is 5.52. The number of rotatable bonds is 12. The second-order valence-electron chi connectivity index (χ2n) is 10.1. The number of hydrogen-bond donors (Lipinski definition) is 2. The van der Waals surface area contributed by atoms with Crippen LogP contribution in [0.25, 0.3) is 5.70 Å². The molecule has 0 radical (unpaired) electrons. The van der Waals surface area contributed by atoms with Gasteiger partial charge in [-0.05, 0) is 67.1 Å². The maximum atomic E-state index is 13.5. The third kappa shape index (κ3) is 7.23. The molecule has 3 aromatic carbocycles. The molecular weight excluding hydrogens is 514 g/mol. The molecule has 3 aromatic rings. The quantitative estimate of drug-likeness (QED) is 0.234.